The number of fused-ring (bicyclic) bond motifs is 1. The summed E-state index contributed by atoms with van der Waals surface area (Å²) in [5.74, 6) is 2.38. The van der Waals surface area contributed by atoms with Crippen LogP contribution in [0.3, 0.4) is 0 Å². The van der Waals surface area contributed by atoms with Gasteiger partial charge in [0.2, 0.25) is 0 Å². The number of allylic oxidation sites excluding steroid dienone is 3. The number of aryl methyl sites for hydroxylation is 2. The van der Waals surface area contributed by atoms with Gasteiger partial charge in [0.15, 0.2) is 0 Å². The first-order valence-corrected chi connectivity index (χ1v) is 11.8. The van der Waals surface area contributed by atoms with Crippen LogP contribution in [0.2, 0.25) is 0 Å². The van der Waals surface area contributed by atoms with Crippen LogP contribution < -0.4 is 4.74 Å². The summed E-state index contributed by atoms with van der Waals surface area (Å²) in [6.07, 6.45) is 8.71. The van der Waals surface area contributed by atoms with Crippen LogP contribution >= 0.6 is 0 Å². The van der Waals surface area contributed by atoms with Crippen LogP contribution in [0.25, 0.3) is 6.08 Å². The highest BCUT2D eigenvalue weighted by atomic mass is 16.5. The number of hydrogen-bond donors (Lipinski definition) is 0. The molecule has 1 heteroatoms. The molecule has 0 heterocycles. The summed E-state index contributed by atoms with van der Waals surface area (Å²) in [5.41, 5.74) is 9.89. The second kappa shape index (κ2) is 8.82. The van der Waals surface area contributed by atoms with E-state index in [1.807, 2.05) is 0 Å². The molecule has 0 aliphatic heterocycles. The molecule has 1 fully saturated rings. The van der Waals surface area contributed by atoms with E-state index in [-0.39, 0.29) is 0 Å². The Morgan fingerprint density at radius 3 is 2.06 bits per heavy atom. The van der Waals surface area contributed by atoms with Crippen molar-refractivity contribution >= 4 is 6.08 Å². The second-order valence-electron chi connectivity index (χ2n) is 9.44. The van der Waals surface area contributed by atoms with Crippen LogP contribution in [0, 0.1) is 19.8 Å². The first kappa shape index (κ1) is 20.8. The summed E-state index contributed by atoms with van der Waals surface area (Å²) in [6.45, 7) is 4.32. The predicted molar refractivity (Wildman–Crippen MR) is 134 cm³/mol. The van der Waals surface area contributed by atoms with Crippen molar-refractivity contribution in [2.45, 2.75) is 44.9 Å². The van der Waals surface area contributed by atoms with Crippen molar-refractivity contribution in [1.29, 1.82) is 0 Å². The lowest BCUT2D eigenvalue weighted by Gasteiger charge is -2.31. The summed E-state index contributed by atoms with van der Waals surface area (Å²) in [4.78, 5) is 0. The van der Waals surface area contributed by atoms with E-state index in [1.54, 1.807) is 12.7 Å². The third-order valence-corrected chi connectivity index (χ3v) is 7.29. The molecule has 5 rings (SSSR count). The van der Waals surface area contributed by atoms with E-state index in [1.165, 1.54) is 52.7 Å². The first-order valence-electron chi connectivity index (χ1n) is 11.8. The van der Waals surface area contributed by atoms with Crippen molar-refractivity contribution in [3.63, 3.8) is 0 Å². The van der Waals surface area contributed by atoms with Crippen molar-refractivity contribution in [3.05, 3.63) is 118 Å². The van der Waals surface area contributed by atoms with Gasteiger partial charge in [-0.2, -0.15) is 0 Å². The average molecular weight is 421 g/mol. The van der Waals surface area contributed by atoms with Crippen LogP contribution in [0.4, 0.5) is 0 Å². The van der Waals surface area contributed by atoms with Crippen LogP contribution in [0.15, 0.2) is 90.0 Å². The van der Waals surface area contributed by atoms with Crippen molar-refractivity contribution in [3.8, 4) is 5.75 Å². The Morgan fingerprint density at radius 1 is 0.781 bits per heavy atom. The van der Waals surface area contributed by atoms with Gasteiger partial charge in [0.25, 0.3) is 0 Å². The Labute approximate surface area is 192 Å². The maximum absolute atomic E-state index is 5.42. The maximum atomic E-state index is 5.42. The highest BCUT2D eigenvalue weighted by Crippen LogP contribution is 2.55. The van der Waals surface area contributed by atoms with Gasteiger partial charge in [0.1, 0.15) is 5.75 Å². The van der Waals surface area contributed by atoms with E-state index < -0.39 is 0 Å². The SMILES string of the molecule is COc1ccc([C@H]2C=C3/C(=C/c4ccc(C)cc4)CCC[C@H]3[C@@H]2c2ccc(C)cc2)cc1. The molecule has 0 spiro atoms. The zero-order valence-electron chi connectivity index (χ0n) is 19.3. The number of rotatable bonds is 4. The lowest BCUT2D eigenvalue weighted by molar-refractivity contribution is 0.413. The van der Waals surface area contributed by atoms with Gasteiger partial charge in [-0.3, -0.25) is 0 Å². The second-order valence-corrected chi connectivity index (χ2v) is 9.44. The molecule has 0 bridgehead atoms. The number of ether oxygens (including phenoxy) is 1. The highest BCUT2D eigenvalue weighted by molar-refractivity contribution is 5.62. The van der Waals surface area contributed by atoms with Gasteiger partial charge in [-0.25, -0.2) is 0 Å². The molecule has 0 saturated heterocycles. The monoisotopic (exact) mass is 420 g/mol. The van der Waals surface area contributed by atoms with Gasteiger partial charge >= 0.3 is 0 Å². The third kappa shape index (κ3) is 4.05. The summed E-state index contributed by atoms with van der Waals surface area (Å²) in [7, 11) is 1.73. The van der Waals surface area contributed by atoms with Gasteiger partial charge in [0, 0.05) is 11.8 Å². The molecular formula is C31H32O. The van der Waals surface area contributed by atoms with Crippen molar-refractivity contribution in [1.82, 2.24) is 0 Å². The normalized spacial score (nSPS) is 23.7. The zero-order chi connectivity index (χ0) is 22.1. The third-order valence-electron chi connectivity index (χ3n) is 7.29. The summed E-state index contributed by atoms with van der Waals surface area (Å²) in [6, 6.07) is 26.9. The molecular weight excluding hydrogens is 388 g/mol. The fourth-order valence-electron chi connectivity index (χ4n) is 5.58. The van der Waals surface area contributed by atoms with E-state index in [0.717, 1.165) is 5.75 Å². The van der Waals surface area contributed by atoms with Crippen molar-refractivity contribution in [2.75, 3.05) is 7.11 Å². The predicted octanol–water partition coefficient (Wildman–Crippen LogP) is 8.00. The lowest BCUT2D eigenvalue weighted by atomic mass is 9.72. The largest absolute Gasteiger partial charge is 0.497 e. The van der Waals surface area contributed by atoms with E-state index in [4.69, 9.17) is 4.74 Å². The Hall–Kier alpha value is -3.06. The Bertz CT molecular complexity index is 1130. The fourth-order valence-corrected chi connectivity index (χ4v) is 5.58. The van der Waals surface area contributed by atoms with E-state index in [2.05, 4.69) is 98.8 Å². The number of methoxy groups -OCH3 is 1. The van der Waals surface area contributed by atoms with Crippen molar-refractivity contribution < 1.29 is 4.74 Å². The molecule has 0 N–H and O–H groups in total. The minimum atomic E-state index is 0.392. The van der Waals surface area contributed by atoms with Crippen LogP contribution in [-0.2, 0) is 0 Å². The topological polar surface area (TPSA) is 9.23 Å². The smallest absolute Gasteiger partial charge is 0.118 e. The van der Waals surface area contributed by atoms with E-state index in [0.29, 0.717) is 17.8 Å². The molecule has 2 aliphatic rings. The van der Waals surface area contributed by atoms with E-state index >= 15 is 0 Å². The minimum absolute atomic E-state index is 0.392. The highest BCUT2D eigenvalue weighted by Gasteiger charge is 2.41. The minimum Gasteiger partial charge on any atom is -0.497 e. The molecule has 1 nitrogen and oxygen atoms in total. The van der Waals surface area contributed by atoms with Gasteiger partial charge in [-0.05, 0) is 79.0 Å². The molecule has 1 saturated carbocycles. The van der Waals surface area contributed by atoms with Gasteiger partial charge < -0.3 is 4.74 Å². The molecule has 0 amide bonds. The molecule has 3 aromatic rings. The summed E-state index contributed by atoms with van der Waals surface area (Å²) < 4.78 is 5.42. The molecule has 2 aliphatic carbocycles. The molecule has 0 aromatic heterocycles. The molecule has 32 heavy (non-hydrogen) atoms. The average Bonchev–Trinajstić information content (AvgIpc) is 3.22. The van der Waals surface area contributed by atoms with Crippen molar-refractivity contribution in [2.24, 2.45) is 5.92 Å². The summed E-state index contributed by atoms with van der Waals surface area (Å²) >= 11 is 0. The maximum Gasteiger partial charge on any atom is 0.118 e. The number of hydrogen-bond acceptors (Lipinski definition) is 1. The quantitative estimate of drug-likeness (QED) is 0.415. The first-order chi connectivity index (χ1) is 15.6. The molecule has 0 radical (unpaired) electrons. The van der Waals surface area contributed by atoms with Crippen LogP contribution in [-0.4, -0.2) is 7.11 Å². The standard InChI is InChI=1S/C31H32O/c1-21-7-11-23(12-8-21)19-26-5-4-6-28-29(26)20-30(24-15-17-27(32-3)18-16-24)31(28)25-13-9-22(2)10-14-25/h7-20,28,30-31H,4-6H2,1-3H3/b26-19+/t28-,30-,31+/m1/s1. The Kier molecular flexibility index (Phi) is 5.74. The van der Waals surface area contributed by atoms with Crippen LogP contribution in [0.5, 0.6) is 5.75 Å². The summed E-state index contributed by atoms with van der Waals surface area (Å²) in [5, 5.41) is 0. The molecule has 162 valence electrons. The van der Waals surface area contributed by atoms with Gasteiger partial charge in [0.05, 0.1) is 7.11 Å². The van der Waals surface area contributed by atoms with Crippen LogP contribution in [0.1, 0.15) is 58.9 Å². The lowest BCUT2D eigenvalue weighted by Crippen LogP contribution is -2.18. The molecule has 0 unspecified atom stereocenters. The Morgan fingerprint density at radius 2 is 1.41 bits per heavy atom. The van der Waals surface area contributed by atoms with Gasteiger partial charge in [-0.1, -0.05) is 83.9 Å². The fraction of sp³-hybridized carbons (Fsp3) is 0.290. The van der Waals surface area contributed by atoms with Gasteiger partial charge in [-0.15, -0.1) is 0 Å². The Balaban J connectivity index is 1.57. The zero-order valence-corrected chi connectivity index (χ0v) is 19.3. The molecule has 3 aromatic carbocycles. The van der Waals surface area contributed by atoms with E-state index in [9.17, 15) is 0 Å². The molecule has 3 atom stereocenters. The number of benzene rings is 3.